The molecule has 1 heterocycles. The molecule has 0 saturated carbocycles. The Morgan fingerprint density at radius 3 is 2.75 bits per heavy atom. The maximum Gasteiger partial charge on any atom is 0.156 e. The van der Waals surface area contributed by atoms with Gasteiger partial charge in [-0.15, -0.1) is 10.2 Å². The quantitative estimate of drug-likeness (QED) is 0.832. The van der Waals surface area contributed by atoms with E-state index in [-0.39, 0.29) is 0 Å². The topological polar surface area (TPSA) is 50.7 Å². The van der Waals surface area contributed by atoms with E-state index in [0.717, 1.165) is 17.1 Å². The minimum Gasteiger partial charge on any atom is -0.371 e. The van der Waals surface area contributed by atoms with Crippen molar-refractivity contribution in [3.8, 4) is 11.3 Å². The lowest BCUT2D eigenvalue weighted by Crippen LogP contribution is -2.00. The molecule has 0 aliphatic heterocycles. The van der Waals surface area contributed by atoms with Crippen LogP contribution < -0.4 is 5.32 Å². The van der Waals surface area contributed by atoms with Gasteiger partial charge in [0.05, 0.1) is 0 Å². The molecule has 2 aromatic rings. The van der Waals surface area contributed by atoms with Crippen LogP contribution in [0.4, 0.5) is 5.82 Å². The summed E-state index contributed by atoms with van der Waals surface area (Å²) in [6, 6.07) is 6.27. The maximum atomic E-state index is 4.16. The van der Waals surface area contributed by atoms with E-state index in [0.29, 0.717) is 0 Å². The molecule has 0 radical (unpaired) electrons. The Morgan fingerprint density at radius 1 is 1.19 bits per heavy atom. The van der Waals surface area contributed by atoms with Crippen LogP contribution in [-0.2, 0) is 0 Å². The van der Waals surface area contributed by atoms with E-state index in [1.165, 1.54) is 17.5 Å². The van der Waals surface area contributed by atoms with Crippen LogP contribution in [0.1, 0.15) is 11.1 Å². The SMILES string of the molecule is CNc1ncnnc1-c1cc(C)ccc1C. The number of nitrogens with one attached hydrogen (secondary N) is 1. The van der Waals surface area contributed by atoms with Gasteiger partial charge < -0.3 is 5.32 Å². The summed E-state index contributed by atoms with van der Waals surface area (Å²) < 4.78 is 0. The van der Waals surface area contributed by atoms with Crippen LogP contribution >= 0.6 is 0 Å². The third-order valence-corrected chi connectivity index (χ3v) is 2.51. The van der Waals surface area contributed by atoms with Crippen molar-refractivity contribution >= 4 is 5.82 Å². The van der Waals surface area contributed by atoms with Crippen molar-refractivity contribution in [2.75, 3.05) is 12.4 Å². The lowest BCUT2D eigenvalue weighted by atomic mass is 10.0. The third kappa shape index (κ3) is 1.86. The van der Waals surface area contributed by atoms with Gasteiger partial charge in [0.25, 0.3) is 0 Å². The zero-order valence-corrected chi connectivity index (χ0v) is 9.65. The molecule has 0 bridgehead atoms. The van der Waals surface area contributed by atoms with Gasteiger partial charge in [0.15, 0.2) is 5.82 Å². The summed E-state index contributed by atoms with van der Waals surface area (Å²) in [5.74, 6) is 0.753. The summed E-state index contributed by atoms with van der Waals surface area (Å²) in [6.07, 6.45) is 1.44. The fourth-order valence-corrected chi connectivity index (χ4v) is 1.63. The van der Waals surface area contributed by atoms with Gasteiger partial charge in [0.1, 0.15) is 12.0 Å². The van der Waals surface area contributed by atoms with Crippen molar-refractivity contribution in [1.29, 1.82) is 0 Å². The Hall–Kier alpha value is -1.97. The molecule has 0 atom stereocenters. The van der Waals surface area contributed by atoms with E-state index in [9.17, 15) is 0 Å². The van der Waals surface area contributed by atoms with Crippen LogP contribution in [-0.4, -0.2) is 22.2 Å². The highest BCUT2D eigenvalue weighted by Gasteiger charge is 2.09. The molecule has 1 aromatic carbocycles. The van der Waals surface area contributed by atoms with Crippen LogP contribution in [0.25, 0.3) is 11.3 Å². The Bertz CT molecular complexity index is 508. The average Bonchev–Trinajstić information content (AvgIpc) is 2.32. The van der Waals surface area contributed by atoms with E-state index in [1.807, 2.05) is 7.05 Å². The van der Waals surface area contributed by atoms with Gasteiger partial charge in [-0.05, 0) is 25.5 Å². The highest BCUT2D eigenvalue weighted by Crippen LogP contribution is 2.26. The van der Waals surface area contributed by atoms with Crippen LogP contribution in [0.2, 0.25) is 0 Å². The van der Waals surface area contributed by atoms with Crippen LogP contribution in [0.5, 0.6) is 0 Å². The molecule has 0 unspecified atom stereocenters. The first-order valence-corrected chi connectivity index (χ1v) is 5.15. The summed E-state index contributed by atoms with van der Waals surface area (Å²) in [7, 11) is 1.83. The molecule has 0 aliphatic carbocycles. The largest absolute Gasteiger partial charge is 0.371 e. The number of aromatic nitrogens is 3. The van der Waals surface area contributed by atoms with E-state index < -0.39 is 0 Å². The second-order valence-corrected chi connectivity index (χ2v) is 3.73. The zero-order chi connectivity index (χ0) is 11.5. The number of hydrogen-bond donors (Lipinski definition) is 1. The number of rotatable bonds is 2. The monoisotopic (exact) mass is 214 g/mol. The molecular formula is C12H14N4. The summed E-state index contributed by atoms with van der Waals surface area (Å²) in [4.78, 5) is 4.16. The molecule has 0 amide bonds. The summed E-state index contributed by atoms with van der Waals surface area (Å²) in [5, 5.41) is 11.0. The first-order chi connectivity index (χ1) is 7.72. The second kappa shape index (κ2) is 4.26. The van der Waals surface area contributed by atoms with Crippen molar-refractivity contribution < 1.29 is 0 Å². The molecule has 4 heteroatoms. The Morgan fingerprint density at radius 2 is 2.00 bits per heavy atom. The van der Waals surface area contributed by atoms with Gasteiger partial charge >= 0.3 is 0 Å². The van der Waals surface area contributed by atoms with Crippen molar-refractivity contribution in [1.82, 2.24) is 15.2 Å². The first kappa shape index (κ1) is 10.5. The first-order valence-electron chi connectivity index (χ1n) is 5.15. The number of aryl methyl sites for hydroxylation is 2. The molecule has 82 valence electrons. The number of hydrogen-bond acceptors (Lipinski definition) is 4. The van der Waals surface area contributed by atoms with Crippen molar-refractivity contribution in [3.63, 3.8) is 0 Å². The van der Waals surface area contributed by atoms with Gasteiger partial charge in [-0.3, -0.25) is 0 Å². The van der Waals surface area contributed by atoms with E-state index >= 15 is 0 Å². The van der Waals surface area contributed by atoms with Crippen molar-refractivity contribution in [2.24, 2.45) is 0 Å². The second-order valence-electron chi connectivity index (χ2n) is 3.73. The Balaban J connectivity index is 2.62. The molecule has 1 aromatic heterocycles. The summed E-state index contributed by atoms with van der Waals surface area (Å²) >= 11 is 0. The van der Waals surface area contributed by atoms with Gasteiger partial charge in [-0.25, -0.2) is 4.98 Å². The minimum absolute atomic E-state index is 0.753. The van der Waals surface area contributed by atoms with E-state index in [2.05, 4.69) is 52.5 Å². The average molecular weight is 214 g/mol. The fourth-order valence-electron chi connectivity index (χ4n) is 1.63. The molecule has 1 N–H and O–H groups in total. The molecule has 0 fully saturated rings. The molecular weight excluding hydrogens is 200 g/mol. The molecule has 4 nitrogen and oxygen atoms in total. The summed E-state index contributed by atoms with van der Waals surface area (Å²) in [5.41, 5.74) is 4.24. The number of benzene rings is 1. The molecule has 0 spiro atoms. The van der Waals surface area contributed by atoms with Gasteiger partial charge in [0.2, 0.25) is 0 Å². The third-order valence-electron chi connectivity index (χ3n) is 2.51. The maximum absolute atomic E-state index is 4.16. The highest BCUT2D eigenvalue weighted by atomic mass is 15.2. The van der Waals surface area contributed by atoms with Gasteiger partial charge in [0, 0.05) is 12.6 Å². The standard InChI is InChI=1S/C12H14N4/c1-8-4-5-9(2)10(6-8)11-12(13-3)14-7-15-16-11/h4-7H,1-3H3,(H,13,14,15). The molecule has 0 saturated heterocycles. The lowest BCUT2D eigenvalue weighted by Gasteiger charge is -2.09. The summed E-state index contributed by atoms with van der Waals surface area (Å²) in [6.45, 7) is 4.12. The lowest BCUT2D eigenvalue weighted by molar-refractivity contribution is 0.976. The minimum atomic E-state index is 0.753. The normalized spacial score (nSPS) is 10.2. The number of anilines is 1. The molecule has 2 rings (SSSR count). The van der Waals surface area contributed by atoms with Gasteiger partial charge in [-0.2, -0.15) is 0 Å². The number of nitrogens with zero attached hydrogens (tertiary/aromatic N) is 3. The highest BCUT2D eigenvalue weighted by molar-refractivity contribution is 5.73. The zero-order valence-electron chi connectivity index (χ0n) is 9.65. The molecule has 0 aliphatic rings. The van der Waals surface area contributed by atoms with Crippen LogP contribution in [0.15, 0.2) is 24.5 Å². The predicted molar refractivity (Wildman–Crippen MR) is 64.3 cm³/mol. The van der Waals surface area contributed by atoms with Gasteiger partial charge in [-0.1, -0.05) is 17.7 Å². The van der Waals surface area contributed by atoms with Crippen LogP contribution in [0, 0.1) is 13.8 Å². The van der Waals surface area contributed by atoms with Crippen LogP contribution in [0.3, 0.4) is 0 Å². The van der Waals surface area contributed by atoms with Crippen molar-refractivity contribution in [2.45, 2.75) is 13.8 Å². The molecule has 16 heavy (non-hydrogen) atoms. The predicted octanol–water partition coefficient (Wildman–Crippen LogP) is 2.20. The smallest absolute Gasteiger partial charge is 0.156 e. The Labute approximate surface area is 94.8 Å². The Kier molecular flexibility index (Phi) is 2.81. The fraction of sp³-hybridized carbons (Fsp3) is 0.250. The van der Waals surface area contributed by atoms with E-state index in [1.54, 1.807) is 0 Å². The van der Waals surface area contributed by atoms with E-state index in [4.69, 9.17) is 0 Å². The van der Waals surface area contributed by atoms with Crippen molar-refractivity contribution in [3.05, 3.63) is 35.7 Å².